The van der Waals surface area contributed by atoms with Crippen molar-refractivity contribution in [3.8, 4) is 0 Å². The Morgan fingerprint density at radius 1 is 1.02 bits per heavy atom. The van der Waals surface area contributed by atoms with Crippen LogP contribution in [-0.4, -0.2) is 136 Å². The summed E-state index contributed by atoms with van der Waals surface area (Å²) < 4.78 is 30.7. The minimum Gasteiger partial charge on any atom is -0.458 e. The number of hydroxylamine groups is 2. The van der Waals surface area contributed by atoms with E-state index >= 15 is 0 Å². The number of nitrogens with zero attached hydrogens (tertiary/aromatic N) is 1. The maximum absolute atomic E-state index is 14.1. The molecular formula is C34H44N2O13. The van der Waals surface area contributed by atoms with Gasteiger partial charge in [0.1, 0.15) is 54.2 Å². The number of benzene rings is 1. The zero-order valence-electron chi connectivity index (χ0n) is 26.9. The Morgan fingerprint density at radius 2 is 1.76 bits per heavy atom. The van der Waals surface area contributed by atoms with Gasteiger partial charge in [0.05, 0.1) is 26.4 Å². The molecule has 8 rings (SSSR count). The third-order valence-electron chi connectivity index (χ3n) is 11.2. The first-order valence-electron chi connectivity index (χ1n) is 17.3. The third-order valence-corrected chi connectivity index (χ3v) is 11.2. The minimum atomic E-state index is -1.55. The molecule has 15 nitrogen and oxygen atoms in total. The van der Waals surface area contributed by atoms with E-state index in [0.29, 0.717) is 0 Å². The first-order valence-corrected chi connectivity index (χ1v) is 17.3. The molecule has 0 spiro atoms. The zero-order chi connectivity index (χ0) is 34.1. The topological polar surface area (TPSA) is 206 Å². The van der Waals surface area contributed by atoms with Gasteiger partial charge in [-0.15, -0.1) is 0 Å². The fourth-order valence-corrected chi connectivity index (χ4v) is 8.54. The van der Waals surface area contributed by atoms with Crippen LogP contribution in [0.5, 0.6) is 0 Å². The van der Waals surface area contributed by atoms with Crippen molar-refractivity contribution in [3.05, 3.63) is 41.5 Å². The Hall–Kier alpha value is -2.54. The van der Waals surface area contributed by atoms with Gasteiger partial charge in [0, 0.05) is 24.8 Å². The van der Waals surface area contributed by atoms with E-state index in [0.717, 1.165) is 36.8 Å². The Labute approximate surface area is 282 Å². The second-order valence-corrected chi connectivity index (χ2v) is 14.3. The average molecular weight is 689 g/mol. The molecule has 7 fully saturated rings. The molecule has 11 atom stereocenters. The minimum absolute atomic E-state index is 0.0259. The van der Waals surface area contributed by atoms with E-state index in [2.05, 4.69) is 5.32 Å². The SMILES string of the molecule is O=C1O[C@@H]2C[C@@]3(C(=O)NCCO)[C@H](ON(Cc4ccccc4C=CCO[C@H]4O[C@H](CO)[C@H](O)[C@H](O)[C@H]4O)[C@@H]13)[C@H]1OC(C3CC3)(C3CC3)O[C@H]12. The summed E-state index contributed by atoms with van der Waals surface area (Å²) in [5.74, 6) is -1.20. The molecule has 15 heteroatoms. The molecule has 1 aromatic carbocycles. The molecule has 4 saturated heterocycles. The van der Waals surface area contributed by atoms with Crippen LogP contribution in [0.2, 0.25) is 0 Å². The lowest BCUT2D eigenvalue weighted by Crippen LogP contribution is -2.69. The standard InChI is InChI=1S/C34H44N2O13/c37-12-11-35-32(43)33-14-21-26-27(48-34(47-26,19-7-8-19)20-9-10-20)29(33)49-36(28(33)30(42)45-21)15-18-5-2-1-4-17(18)6-3-13-44-31-25(41)24(40)23(39)22(16-38)46-31/h1-6,19-29,31,37-41H,7-16H2,(H,35,43)/t21-,22-,23+,24+,25-,26+,27+,28+,29-,31+,33+/m1/s1. The number of ether oxygens (including phenoxy) is 5. The van der Waals surface area contributed by atoms with E-state index < -0.39 is 90.8 Å². The molecule has 0 radical (unpaired) electrons. The van der Waals surface area contributed by atoms with Crippen molar-refractivity contribution in [3.63, 3.8) is 0 Å². The zero-order valence-corrected chi connectivity index (χ0v) is 26.9. The summed E-state index contributed by atoms with van der Waals surface area (Å²) in [6, 6.07) is 6.37. The summed E-state index contributed by atoms with van der Waals surface area (Å²) in [5, 5.41) is 53.7. The van der Waals surface area contributed by atoms with E-state index in [1.807, 2.05) is 24.3 Å². The van der Waals surface area contributed by atoms with Crippen molar-refractivity contribution in [2.45, 2.75) is 106 Å². The van der Waals surface area contributed by atoms with Gasteiger partial charge in [0.15, 0.2) is 18.1 Å². The summed E-state index contributed by atoms with van der Waals surface area (Å²) in [7, 11) is 0. The highest BCUT2D eigenvalue weighted by Gasteiger charge is 2.78. The number of aliphatic hydroxyl groups excluding tert-OH is 5. The Bertz CT molecular complexity index is 1440. The van der Waals surface area contributed by atoms with Crippen molar-refractivity contribution in [2.75, 3.05) is 26.4 Å². The second kappa shape index (κ2) is 12.9. The van der Waals surface area contributed by atoms with Crippen LogP contribution in [0.25, 0.3) is 6.08 Å². The van der Waals surface area contributed by atoms with Gasteiger partial charge in [-0.25, -0.2) is 0 Å². The highest BCUT2D eigenvalue weighted by atomic mass is 16.8. The van der Waals surface area contributed by atoms with Crippen LogP contribution in [0.1, 0.15) is 43.2 Å². The van der Waals surface area contributed by atoms with Gasteiger partial charge in [0.2, 0.25) is 5.91 Å². The molecule has 4 aliphatic heterocycles. The molecule has 0 unspecified atom stereocenters. The lowest BCUT2D eigenvalue weighted by Gasteiger charge is -2.48. The average Bonchev–Trinajstić information content (AvgIpc) is 4.05. The van der Waals surface area contributed by atoms with Crippen LogP contribution in [0.3, 0.4) is 0 Å². The summed E-state index contributed by atoms with van der Waals surface area (Å²) in [6.07, 6.45) is -1.91. The van der Waals surface area contributed by atoms with Gasteiger partial charge in [0.25, 0.3) is 0 Å². The third kappa shape index (κ3) is 5.54. The number of carbonyl (C=O) groups is 2. The molecule has 3 saturated carbocycles. The van der Waals surface area contributed by atoms with Crippen LogP contribution < -0.4 is 5.32 Å². The molecule has 0 aromatic heterocycles. The number of carbonyl (C=O) groups excluding carboxylic acids is 2. The van der Waals surface area contributed by atoms with Crippen LogP contribution in [0.15, 0.2) is 30.3 Å². The largest absolute Gasteiger partial charge is 0.458 e. The van der Waals surface area contributed by atoms with E-state index in [9.17, 15) is 35.1 Å². The van der Waals surface area contributed by atoms with E-state index in [-0.39, 0.29) is 44.6 Å². The number of amides is 1. The van der Waals surface area contributed by atoms with Crippen molar-refractivity contribution >= 4 is 18.0 Å². The van der Waals surface area contributed by atoms with Gasteiger partial charge >= 0.3 is 5.97 Å². The number of esters is 1. The fourth-order valence-electron chi connectivity index (χ4n) is 8.54. The number of hydrogen-bond donors (Lipinski definition) is 6. The van der Waals surface area contributed by atoms with Gasteiger partial charge in [-0.3, -0.25) is 14.4 Å². The number of fused-ring (bicyclic) bond motifs is 4. The molecular weight excluding hydrogens is 644 g/mol. The van der Waals surface area contributed by atoms with Gasteiger partial charge in [-0.1, -0.05) is 36.4 Å². The highest BCUT2D eigenvalue weighted by molar-refractivity contribution is 5.93. The smallest absolute Gasteiger partial charge is 0.327 e. The van der Waals surface area contributed by atoms with Crippen LogP contribution in [0, 0.1) is 17.3 Å². The first-order chi connectivity index (χ1) is 23.7. The highest BCUT2D eigenvalue weighted by Crippen LogP contribution is 2.63. The van der Waals surface area contributed by atoms with Crippen molar-refractivity contribution < 1.29 is 63.6 Å². The number of nitrogens with one attached hydrogen (secondary N) is 1. The lowest BCUT2D eigenvalue weighted by atomic mass is 9.62. The molecule has 1 aromatic rings. The van der Waals surface area contributed by atoms with Crippen molar-refractivity contribution in [1.29, 1.82) is 0 Å². The quantitative estimate of drug-likeness (QED) is 0.142. The lowest BCUT2D eigenvalue weighted by molar-refractivity contribution is -0.298. The predicted octanol–water partition coefficient (Wildman–Crippen LogP) is -1.27. The van der Waals surface area contributed by atoms with Gasteiger partial charge < -0.3 is 54.5 Å². The fraction of sp³-hybridized carbons (Fsp3) is 0.706. The molecule has 268 valence electrons. The van der Waals surface area contributed by atoms with Crippen LogP contribution in [-0.2, 0) is 44.7 Å². The Kier molecular flexibility index (Phi) is 8.84. The summed E-state index contributed by atoms with van der Waals surface area (Å²) >= 11 is 0. The number of hydrogen-bond acceptors (Lipinski definition) is 14. The second-order valence-electron chi connectivity index (χ2n) is 14.3. The maximum atomic E-state index is 14.1. The maximum Gasteiger partial charge on any atom is 0.327 e. The van der Waals surface area contributed by atoms with E-state index in [1.165, 1.54) is 5.06 Å². The Balaban J connectivity index is 1.03. The molecule has 7 aliphatic rings. The van der Waals surface area contributed by atoms with E-state index in [4.69, 9.17) is 28.5 Å². The number of rotatable bonds is 12. The molecule has 49 heavy (non-hydrogen) atoms. The molecule has 6 N–H and O–H groups in total. The van der Waals surface area contributed by atoms with Gasteiger partial charge in [-0.05, 0) is 36.8 Å². The predicted molar refractivity (Wildman–Crippen MR) is 164 cm³/mol. The molecule has 4 heterocycles. The van der Waals surface area contributed by atoms with Crippen LogP contribution in [0.4, 0.5) is 0 Å². The first kappa shape index (κ1) is 33.6. The normalized spacial score (nSPS) is 41.1. The molecule has 1 amide bonds. The Morgan fingerprint density at radius 3 is 2.47 bits per heavy atom. The summed E-state index contributed by atoms with van der Waals surface area (Å²) in [4.78, 5) is 34.6. The molecule has 2 bridgehead atoms. The van der Waals surface area contributed by atoms with Gasteiger partial charge in [-0.2, -0.15) is 5.06 Å². The number of aliphatic hydroxyl groups is 5. The summed E-state index contributed by atoms with van der Waals surface area (Å²) in [6.45, 7) is -0.701. The summed E-state index contributed by atoms with van der Waals surface area (Å²) in [5.41, 5.74) is 0.211. The van der Waals surface area contributed by atoms with Crippen molar-refractivity contribution in [1.82, 2.24) is 10.4 Å². The van der Waals surface area contributed by atoms with Crippen molar-refractivity contribution in [2.24, 2.45) is 17.3 Å². The monoisotopic (exact) mass is 688 g/mol. The van der Waals surface area contributed by atoms with Crippen LogP contribution >= 0.6 is 0 Å². The van der Waals surface area contributed by atoms with E-state index in [1.54, 1.807) is 12.2 Å². The molecule has 3 aliphatic carbocycles.